The highest BCUT2D eigenvalue weighted by Gasteiger charge is 2.16. The van der Waals surface area contributed by atoms with E-state index in [1.54, 1.807) is 25.8 Å². The van der Waals surface area contributed by atoms with Gasteiger partial charge in [0.2, 0.25) is 5.91 Å². The summed E-state index contributed by atoms with van der Waals surface area (Å²) in [6.07, 6.45) is 6.90. The molecule has 0 unspecified atom stereocenters. The molecule has 5 heteroatoms. The van der Waals surface area contributed by atoms with Gasteiger partial charge >= 0.3 is 0 Å². The number of furan rings is 1. The molecule has 0 bridgehead atoms. The second-order valence-corrected chi connectivity index (χ2v) is 4.77. The molecule has 112 valence electrons. The van der Waals surface area contributed by atoms with Gasteiger partial charge in [0.25, 0.3) is 0 Å². The molecule has 0 saturated heterocycles. The maximum atomic E-state index is 12.1. The van der Waals surface area contributed by atoms with Gasteiger partial charge in [-0.3, -0.25) is 9.78 Å². The minimum absolute atomic E-state index is 0.00400. The molecule has 2 rings (SSSR count). The van der Waals surface area contributed by atoms with Gasteiger partial charge in [0.05, 0.1) is 12.3 Å². The summed E-state index contributed by atoms with van der Waals surface area (Å²) in [7, 11) is 1.64. The zero-order chi connectivity index (χ0) is 14.9. The molecule has 1 amide bonds. The molecule has 0 aliphatic carbocycles. The predicted molar refractivity (Wildman–Crippen MR) is 78.6 cm³/mol. The molecule has 0 fully saturated rings. The number of carbonyl (C=O) groups excluding carboxylic acids is 1. The van der Waals surface area contributed by atoms with E-state index < -0.39 is 0 Å². The fourth-order valence-electron chi connectivity index (χ4n) is 2.08. The maximum Gasteiger partial charge on any atom is 0.220 e. The lowest BCUT2D eigenvalue weighted by atomic mass is 10.1. The van der Waals surface area contributed by atoms with E-state index in [0.717, 1.165) is 11.3 Å². The predicted octanol–water partition coefficient (Wildman–Crippen LogP) is 2.50. The molecule has 0 aliphatic heterocycles. The van der Waals surface area contributed by atoms with Gasteiger partial charge in [0.15, 0.2) is 0 Å². The highest BCUT2D eigenvalue weighted by Crippen LogP contribution is 2.17. The SMILES string of the molecule is COCC[C@@H](NC(=O)CCc1ccncc1)c1ccco1. The number of hydrogen-bond acceptors (Lipinski definition) is 4. The number of methoxy groups -OCH3 is 1. The van der Waals surface area contributed by atoms with Crippen molar-refractivity contribution in [3.8, 4) is 0 Å². The minimum atomic E-state index is -0.148. The molecule has 0 saturated carbocycles. The van der Waals surface area contributed by atoms with Crippen molar-refractivity contribution in [1.29, 1.82) is 0 Å². The Morgan fingerprint density at radius 3 is 2.86 bits per heavy atom. The second kappa shape index (κ2) is 8.21. The average Bonchev–Trinajstić information content (AvgIpc) is 3.04. The monoisotopic (exact) mass is 288 g/mol. The summed E-state index contributed by atoms with van der Waals surface area (Å²) < 4.78 is 10.5. The third kappa shape index (κ3) is 5.04. The minimum Gasteiger partial charge on any atom is -0.467 e. The molecule has 2 heterocycles. The van der Waals surface area contributed by atoms with Gasteiger partial charge in [-0.05, 0) is 42.7 Å². The van der Waals surface area contributed by atoms with Gasteiger partial charge in [-0.2, -0.15) is 0 Å². The summed E-state index contributed by atoms with van der Waals surface area (Å²) in [5.74, 6) is 0.758. The number of amides is 1. The highest BCUT2D eigenvalue weighted by atomic mass is 16.5. The molecule has 1 N–H and O–H groups in total. The Bertz CT molecular complexity index is 526. The van der Waals surface area contributed by atoms with Crippen LogP contribution in [0.25, 0.3) is 0 Å². The fraction of sp³-hybridized carbons (Fsp3) is 0.375. The standard InChI is InChI=1S/C16H20N2O3/c1-20-12-8-14(15-3-2-11-21-15)18-16(19)5-4-13-6-9-17-10-7-13/h2-3,6-7,9-11,14H,4-5,8,12H2,1H3,(H,18,19)/t14-/m1/s1. The molecular weight excluding hydrogens is 268 g/mol. The van der Waals surface area contributed by atoms with Gasteiger partial charge in [0, 0.05) is 32.5 Å². The van der Waals surface area contributed by atoms with Crippen molar-refractivity contribution in [1.82, 2.24) is 10.3 Å². The number of nitrogens with one attached hydrogen (secondary N) is 1. The number of ether oxygens (including phenoxy) is 1. The molecule has 5 nitrogen and oxygen atoms in total. The first-order chi connectivity index (χ1) is 10.3. The number of pyridine rings is 1. The molecule has 0 radical (unpaired) electrons. The average molecular weight is 288 g/mol. The van der Waals surface area contributed by atoms with Gasteiger partial charge in [-0.25, -0.2) is 0 Å². The van der Waals surface area contributed by atoms with Gasteiger partial charge in [-0.1, -0.05) is 0 Å². The van der Waals surface area contributed by atoms with Crippen LogP contribution in [-0.4, -0.2) is 24.6 Å². The van der Waals surface area contributed by atoms with Crippen LogP contribution in [0.3, 0.4) is 0 Å². The number of nitrogens with zero attached hydrogens (tertiary/aromatic N) is 1. The van der Waals surface area contributed by atoms with E-state index in [0.29, 0.717) is 25.9 Å². The summed E-state index contributed by atoms with van der Waals surface area (Å²) in [5.41, 5.74) is 1.10. The Hall–Kier alpha value is -2.14. The molecule has 21 heavy (non-hydrogen) atoms. The Morgan fingerprint density at radius 1 is 1.38 bits per heavy atom. The number of aryl methyl sites for hydroxylation is 1. The Balaban J connectivity index is 1.86. The number of carbonyl (C=O) groups is 1. The second-order valence-electron chi connectivity index (χ2n) is 4.77. The lowest BCUT2D eigenvalue weighted by Gasteiger charge is -2.16. The van der Waals surface area contributed by atoms with Crippen LogP contribution in [0, 0.1) is 0 Å². The van der Waals surface area contributed by atoms with E-state index in [-0.39, 0.29) is 11.9 Å². The van der Waals surface area contributed by atoms with E-state index in [1.807, 2.05) is 24.3 Å². The van der Waals surface area contributed by atoms with Crippen LogP contribution >= 0.6 is 0 Å². The van der Waals surface area contributed by atoms with E-state index in [9.17, 15) is 4.79 Å². The summed E-state index contributed by atoms with van der Waals surface area (Å²) in [4.78, 5) is 16.0. The lowest BCUT2D eigenvalue weighted by Crippen LogP contribution is -2.29. The topological polar surface area (TPSA) is 64.4 Å². The highest BCUT2D eigenvalue weighted by molar-refractivity contribution is 5.76. The summed E-state index contributed by atoms with van der Waals surface area (Å²) >= 11 is 0. The molecule has 2 aromatic heterocycles. The van der Waals surface area contributed by atoms with Crippen molar-refractivity contribution in [2.75, 3.05) is 13.7 Å². The van der Waals surface area contributed by atoms with E-state index >= 15 is 0 Å². The van der Waals surface area contributed by atoms with Crippen molar-refractivity contribution in [3.63, 3.8) is 0 Å². The van der Waals surface area contributed by atoms with Crippen LogP contribution in [0.1, 0.15) is 30.2 Å². The quantitative estimate of drug-likeness (QED) is 0.810. The molecule has 0 spiro atoms. The van der Waals surface area contributed by atoms with Crippen molar-refractivity contribution < 1.29 is 13.9 Å². The van der Waals surface area contributed by atoms with Gasteiger partial charge in [0.1, 0.15) is 5.76 Å². The van der Waals surface area contributed by atoms with E-state index in [1.165, 1.54) is 0 Å². The first-order valence-electron chi connectivity index (χ1n) is 7.00. The van der Waals surface area contributed by atoms with E-state index in [4.69, 9.17) is 9.15 Å². The smallest absolute Gasteiger partial charge is 0.220 e. The molecule has 1 atom stereocenters. The summed E-state index contributed by atoms with van der Waals surface area (Å²) in [5, 5.41) is 3.00. The largest absolute Gasteiger partial charge is 0.467 e. The first-order valence-corrected chi connectivity index (χ1v) is 7.00. The Labute approximate surface area is 124 Å². The first kappa shape index (κ1) is 15.3. The van der Waals surface area contributed by atoms with Crippen LogP contribution in [0.15, 0.2) is 47.3 Å². The number of hydrogen-bond donors (Lipinski definition) is 1. The van der Waals surface area contributed by atoms with Crippen molar-refractivity contribution in [3.05, 3.63) is 54.2 Å². The molecular formula is C16H20N2O3. The number of aromatic nitrogens is 1. The third-order valence-corrected chi connectivity index (χ3v) is 3.22. The van der Waals surface area contributed by atoms with Crippen molar-refractivity contribution in [2.45, 2.75) is 25.3 Å². The maximum absolute atomic E-state index is 12.1. The molecule has 2 aromatic rings. The van der Waals surface area contributed by atoms with Crippen LogP contribution in [0.2, 0.25) is 0 Å². The van der Waals surface area contributed by atoms with Gasteiger partial charge < -0.3 is 14.5 Å². The fourth-order valence-corrected chi connectivity index (χ4v) is 2.08. The number of rotatable bonds is 8. The van der Waals surface area contributed by atoms with Crippen LogP contribution in [0.4, 0.5) is 0 Å². The third-order valence-electron chi connectivity index (χ3n) is 3.22. The Morgan fingerprint density at radius 2 is 2.19 bits per heavy atom. The lowest BCUT2D eigenvalue weighted by molar-refractivity contribution is -0.122. The Kier molecular flexibility index (Phi) is 5.97. The van der Waals surface area contributed by atoms with E-state index in [2.05, 4.69) is 10.3 Å². The zero-order valence-corrected chi connectivity index (χ0v) is 12.1. The van der Waals surface area contributed by atoms with Crippen molar-refractivity contribution >= 4 is 5.91 Å². The molecule has 0 aromatic carbocycles. The van der Waals surface area contributed by atoms with Crippen molar-refractivity contribution in [2.24, 2.45) is 0 Å². The zero-order valence-electron chi connectivity index (χ0n) is 12.1. The summed E-state index contributed by atoms with van der Waals surface area (Å²) in [6.45, 7) is 0.565. The van der Waals surface area contributed by atoms with Gasteiger partial charge in [-0.15, -0.1) is 0 Å². The van der Waals surface area contributed by atoms with Crippen LogP contribution in [-0.2, 0) is 16.0 Å². The summed E-state index contributed by atoms with van der Waals surface area (Å²) in [6, 6.07) is 7.37. The van der Waals surface area contributed by atoms with Crippen LogP contribution in [0.5, 0.6) is 0 Å². The van der Waals surface area contributed by atoms with Crippen LogP contribution < -0.4 is 5.32 Å². The molecule has 0 aliphatic rings. The normalized spacial score (nSPS) is 12.0.